The van der Waals surface area contributed by atoms with E-state index in [1.54, 1.807) is 24.3 Å². The molecule has 2 aromatic rings. The summed E-state index contributed by atoms with van der Waals surface area (Å²) in [6.45, 7) is 0. The second-order valence-corrected chi connectivity index (χ2v) is 6.30. The number of aromatic carboxylic acids is 1. The number of nitrogens with one attached hydrogen (secondary N) is 1. The first-order valence-corrected chi connectivity index (χ1v) is 7.98. The van der Waals surface area contributed by atoms with E-state index in [9.17, 15) is 23.1 Å². The predicted octanol–water partition coefficient (Wildman–Crippen LogP) is 2.68. The lowest BCUT2D eigenvalue weighted by atomic mass is 9.97. The number of hydrogen-bond donors (Lipinski definition) is 1. The number of aromatic nitrogens is 2. The Bertz CT molecular complexity index is 805. The molecule has 0 saturated heterocycles. The Hall–Kier alpha value is -2.23. The van der Waals surface area contributed by atoms with Gasteiger partial charge in [-0.05, 0) is 33.6 Å². The molecule has 0 radical (unpaired) electrons. The number of rotatable bonds is 3. The van der Waals surface area contributed by atoms with Gasteiger partial charge >= 0.3 is 6.18 Å². The highest BCUT2D eigenvalue weighted by Gasteiger charge is 2.47. The van der Waals surface area contributed by atoms with Gasteiger partial charge in [0.05, 0.1) is 23.6 Å². The van der Waals surface area contributed by atoms with Crippen LogP contribution in [0.3, 0.4) is 0 Å². The van der Waals surface area contributed by atoms with E-state index < -0.39 is 29.9 Å². The molecule has 3 rings (SSSR count). The maximum Gasteiger partial charge on any atom is 0.410 e. The standard InChI is InChI=1S/C15H13BrF3N3O3/c1-25-8-4-2-7(3-5-8)9-6-10(15(17,18)19)22-13(20-9)11(16)12(21-22)14(23)24/h2-5,9-10,20H,6H2,1H3,(H,23,24)/p-1/t9-,10+/m1/s1. The largest absolute Gasteiger partial charge is 0.543 e. The van der Waals surface area contributed by atoms with E-state index >= 15 is 0 Å². The first-order chi connectivity index (χ1) is 11.7. The Morgan fingerprint density at radius 2 is 2.04 bits per heavy atom. The summed E-state index contributed by atoms with van der Waals surface area (Å²) in [6, 6.07) is 3.97. The van der Waals surface area contributed by atoms with Crippen molar-refractivity contribution in [2.24, 2.45) is 0 Å². The van der Waals surface area contributed by atoms with Crippen molar-refractivity contribution in [3.8, 4) is 5.75 Å². The lowest BCUT2D eigenvalue weighted by molar-refractivity contribution is -0.255. The van der Waals surface area contributed by atoms with Gasteiger partial charge in [0.25, 0.3) is 0 Å². The lowest BCUT2D eigenvalue weighted by Gasteiger charge is -2.33. The molecule has 0 amide bonds. The van der Waals surface area contributed by atoms with Crippen LogP contribution in [-0.4, -0.2) is 29.0 Å². The number of fused-ring (bicyclic) bond motifs is 1. The van der Waals surface area contributed by atoms with Crippen molar-refractivity contribution in [3.05, 3.63) is 40.0 Å². The van der Waals surface area contributed by atoms with Crippen LogP contribution in [0.25, 0.3) is 0 Å². The van der Waals surface area contributed by atoms with E-state index in [0.29, 0.717) is 16.0 Å². The molecular weight excluding hydrogens is 407 g/mol. The number of carboxylic acid groups (broad SMARTS) is 1. The summed E-state index contributed by atoms with van der Waals surface area (Å²) >= 11 is 3.00. The average Bonchev–Trinajstić information content (AvgIpc) is 2.90. The zero-order valence-corrected chi connectivity index (χ0v) is 14.4. The third kappa shape index (κ3) is 3.17. The fourth-order valence-electron chi connectivity index (χ4n) is 2.77. The predicted molar refractivity (Wildman–Crippen MR) is 83.3 cm³/mol. The molecule has 0 bridgehead atoms. The zero-order valence-electron chi connectivity index (χ0n) is 12.8. The molecule has 10 heteroatoms. The second kappa shape index (κ2) is 6.25. The van der Waals surface area contributed by atoms with Crippen molar-refractivity contribution in [2.75, 3.05) is 12.4 Å². The van der Waals surface area contributed by atoms with Crippen LogP contribution in [0.5, 0.6) is 5.75 Å². The molecule has 0 spiro atoms. The van der Waals surface area contributed by atoms with Crippen molar-refractivity contribution in [2.45, 2.75) is 24.7 Å². The summed E-state index contributed by atoms with van der Waals surface area (Å²) < 4.78 is 46.1. The topological polar surface area (TPSA) is 79.2 Å². The summed E-state index contributed by atoms with van der Waals surface area (Å²) in [5, 5.41) is 17.6. The number of alkyl halides is 3. The van der Waals surface area contributed by atoms with Crippen LogP contribution in [0, 0.1) is 0 Å². The van der Waals surface area contributed by atoms with Crippen LogP contribution < -0.4 is 15.2 Å². The number of carbonyl (C=O) groups is 1. The maximum atomic E-state index is 13.5. The average molecular weight is 419 g/mol. The highest BCUT2D eigenvalue weighted by molar-refractivity contribution is 9.10. The third-order valence-corrected chi connectivity index (χ3v) is 4.76. The Kier molecular flexibility index (Phi) is 4.40. The first-order valence-electron chi connectivity index (χ1n) is 7.19. The molecule has 134 valence electrons. The molecular formula is C15H12BrF3N3O3-. The van der Waals surface area contributed by atoms with Crippen LogP contribution in [0.15, 0.2) is 28.7 Å². The monoisotopic (exact) mass is 418 g/mol. The number of nitrogens with zero attached hydrogens (tertiary/aromatic N) is 2. The number of ether oxygens (including phenoxy) is 1. The molecule has 0 fully saturated rings. The van der Waals surface area contributed by atoms with E-state index in [-0.39, 0.29) is 16.7 Å². The minimum absolute atomic E-state index is 0.0476. The van der Waals surface area contributed by atoms with Crippen molar-refractivity contribution >= 4 is 27.7 Å². The smallest absolute Gasteiger partial charge is 0.410 e. The summed E-state index contributed by atoms with van der Waals surface area (Å²) in [7, 11) is 1.49. The zero-order chi connectivity index (χ0) is 18.4. The number of carbonyl (C=O) groups excluding carboxylic acids is 1. The van der Waals surface area contributed by atoms with Crippen LogP contribution >= 0.6 is 15.9 Å². The van der Waals surface area contributed by atoms with Gasteiger partial charge < -0.3 is 20.0 Å². The Labute approximate surface area is 148 Å². The van der Waals surface area contributed by atoms with Gasteiger partial charge in [0.2, 0.25) is 0 Å². The van der Waals surface area contributed by atoms with Crippen LogP contribution in [-0.2, 0) is 0 Å². The summed E-state index contributed by atoms with van der Waals surface area (Å²) in [5.41, 5.74) is 0.0385. The van der Waals surface area contributed by atoms with Gasteiger partial charge in [0.15, 0.2) is 6.04 Å². The fourth-order valence-corrected chi connectivity index (χ4v) is 3.31. The molecule has 1 aromatic heterocycles. The summed E-state index contributed by atoms with van der Waals surface area (Å²) in [6.07, 6.45) is -4.92. The number of carboxylic acids is 1. The van der Waals surface area contributed by atoms with E-state index in [1.807, 2.05) is 0 Å². The van der Waals surface area contributed by atoms with Gasteiger partial charge in [0, 0.05) is 6.42 Å². The first kappa shape index (κ1) is 17.6. The van der Waals surface area contributed by atoms with Gasteiger partial charge in [-0.15, -0.1) is 0 Å². The quantitative estimate of drug-likeness (QED) is 0.828. The third-order valence-electron chi connectivity index (χ3n) is 4.01. The highest BCUT2D eigenvalue weighted by Crippen LogP contribution is 2.46. The van der Waals surface area contributed by atoms with Crippen LogP contribution in [0.1, 0.15) is 34.6 Å². The molecule has 1 aromatic carbocycles. The maximum absolute atomic E-state index is 13.5. The van der Waals surface area contributed by atoms with E-state index in [0.717, 1.165) is 0 Å². The van der Waals surface area contributed by atoms with Crippen molar-refractivity contribution < 1.29 is 27.8 Å². The number of hydrogen-bond acceptors (Lipinski definition) is 5. The van der Waals surface area contributed by atoms with E-state index in [2.05, 4.69) is 26.3 Å². The van der Waals surface area contributed by atoms with E-state index in [4.69, 9.17) is 4.74 Å². The van der Waals surface area contributed by atoms with Gasteiger partial charge in [0.1, 0.15) is 17.3 Å². The molecule has 25 heavy (non-hydrogen) atoms. The molecule has 2 atom stereocenters. The Morgan fingerprint density at radius 3 is 2.56 bits per heavy atom. The highest BCUT2D eigenvalue weighted by atomic mass is 79.9. The number of halogens is 4. The van der Waals surface area contributed by atoms with E-state index in [1.165, 1.54) is 7.11 Å². The SMILES string of the molecule is COc1ccc([C@H]2C[C@@H](C(F)(F)F)n3nc(C(=O)[O-])c(Br)c3N2)cc1. The number of benzene rings is 1. The van der Waals surface area contributed by atoms with Crippen LogP contribution in [0.2, 0.25) is 0 Å². The van der Waals surface area contributed by atoms with Crippen LogP contribution in [0.4, 0.5) is 19.0 Å². The van der Waals surface area contributed by atoms with Gasteiger partial charge in [-0.2, -0.15) is 18.3 Å². The summed E-state index contributed by atoms with van der Waals surface area (Å²) in [5.74, 6) is -1.12. The molecule has 1 aliphatic rings. The molecule has 0 unspecified atom stereocenters. The Balaban J connectivity index is 2.04. The van der Waals surface area contributed by atoms with Crippen molar-refractivity contribution in [1.82, 2.24) is 9.78 Å². The molecule has 0 saturated carbocycles. The normalized spacial score (nSPS) is 19.9. The molecule has 1 aliphatic heterocycles. The molecule has 6 nitrogen and oxygen atoms in total. The van der Waals surface area contributed by atoms with Crippen molar-refractivity contribution in [3.63, 3.8) is 0 Å². The molecule has 2 heterocycles. The second-order valence-electron chi connectivity index (χ2n) is 5.51. The molecule has 1 N–H and O–H groups in total. The number of anilines is 1. The minimum Gasteiger partial charge on any atom is -0.543 e. The van der Waals surface area contributed by atoms with Crippen molar-refractivity contribution in [1.29, 1.82) is 0 Å². The van der Waals surface area contributed by atoms with Gasteiger partial charge in [-0.1, -0.05) is 12.1 Å². The number of methoxy groups -OCH3 is 1. The van der Waals surface area contributed by atoms with Gasteiger partial charge in [-0.25, -0.2) is 4.68 Å². The fraction of sp³-hybridized carbons (Fsp3) is 0.333. The Morgan fingerprint density at radius 1 is 1.40 bits per heavy atom. The molecule has 0 aliphatic carbocycles. The summed E-state index contributed by atoms with van der Waals surface area (Å²) in [4.78, 5) is 11.1. The van der Waals surface area contributed by atoms with Gasteiger partial charge in [-0.3, -0.25) is 0 Å². The lowest BCUT2D eigenvalue weighted by Crippen LogP contribution is -2.36. The minimum atomic E-state index is -4.59.